The van der Waals surface area contributed by atoms with Crippen molar-refractivity contribution in [1.82, 2.24) is 10.2 Å². The van der Waals surface area contributed by atoms with Crippen molar-refractivity contribution in [3.63, 3.8) is 0 Å². The molecule has 0 radical (unpaired) electrons. The van der Waals surface area contributed by atoms with E-state index in [0.717, 1.165) is 18.8 Å². The second kappa shape index (κ2) is 5.25. The number of hydrogen-bond donors (Lipinski definition) is 2. The van der Waals surface area contributed by atoms with Gasteiger partial charge in [0.25, 0.3) is 0 Å². The lowest BCUT2D eigenvalue weighted by Crippen LogP contribution is -2.47. The van der Waals surface area contributed by atoms with Gasteiger partial charge in [0, 0.05) is 24.2 Å². The number of aliphatic hydroxyl groups excluding tert-OH is 1. The third-order valence-electron chi connectivity index (χ3n) is 4.71. The van der Waals surface area contributed by atoms with Gasteiger partial charge in [-0.3, -0.25) is 4.90 Å². The van der Waals surface area contributed by atoms with Crippen molar-refractivity contribution in [1.29, 1.82) is 0 Å². The van der Waals surface area contributed by atoms with E-state index in [1.54, 1.807) is 0 Å². The summed E-state index contributed by atoms with van der Waals surface area (Å²) in [7, 11) is 1.99. The number of nitrogens with one attached hydrogen (secondary N) is 1. The highest BCUT2D eigenvalue weighted by molar-refractivity contribution is 4.99. The quantitative estimate of drug-likeness (QED) is 0.740. The highest BCUT2D eigenvalue weighted by Gasteiger charge is 2.41. The Kier molecular flexibility index (Phi) is 4.11. The SMILES string of the molecule is CNC1(CO)CCC(N(CC2CC2)C(C)C)C1. The fraction of sp³-hybridized carbons (Fsp3) is 1.00. The third-order valence-corrected chi connectivity index (χ3v) is 4.71. The van der Waals surface area contributed by atoms with Crippen LogP contribution in [0.25, 0.3) is 0 Å². The van der Waals surface area contributed by atoms with E-state index >= 15 is 0 Å². The molecule has 0 heterocycles. The molecule has 2 fully saturated rings. The molecule has 0 spiro atoms. The first-order valence-electron chi connectivity index (χ1n) is 7.16. The van der Waals surface area contributed by atoms with Crippen LogP contribution in [0, 0.1) is 5.92 Å². The molecule has 2 unspecified atom stereocenters. The number of hydrogen-bond acceptors (Lipinski definition) is 3. The van der Waals surface area contributed by atoms with Gasteiger partial charge in [0.1, 0.15) is 0 Å². The van der Waals surface area contributed by atoms with E-state index in [0.29, 0.717) is 12.1 Å². The molecule has 0 amide bonds. The van der Waals surface area contributed by atoms with Crippen molar-refractivity contribution in [2.24, 2.45) is 5.92 Å². The summed E-state index contributed by atoms with van der Waals surface area (Å²) in [4.78, 5) is 2.67. The van der Waals surface area contributed by atoms with E-state index in [4.69, 9.17) is 0 Å². The van der Waals surface area contributed by atoms with E-state index in [1.165, 1.54) is 25.8 Å². The van der Waals surface area contributed by atoms with Gasteiger partial charge in [-0.15, -0.1) is 0 Å². The van der Waals surface area contributed by atoms with E-state index in [1.807, 2.05) is 7.05 Å². The summed E-state index contributed by atoms with van der Waals surface area (Å²) in [5.41, 5.74) is -0.0125. The van der Waals surface area contributed by atoms with Crippen molar-refractivity contribution in [2.45, 2.75) is 63.6 Å². The smallest absolute Gasteiger partial charge is 0.0613 e. The van der Waals surface area contributed by atoms with Crippen LogP contribution in [0.2, 0.25) is 0 Å². The van der Waals surface area contributed by atoms with Crippen LogP contribution in [0.15, 0.2) is 0 Å². The Morgan fingerprint density at radius 2 is 2.06 bits per heavy atom. The Bertz CT molecular complexity index is 247. The molecule has 2 aliphatic carbocycles. The largest absolute Gasteiger partial charge is 0.394 e. The maximum atomic E-state index is 9.57. The molecule has 17 heavy (non-hydrogen) atoms. The van der Waals surface area contributed by atoms with Crippen molar-refractivity contribution in [3.8, 4) is 0 Å². The van der Waals surface area contributed by atoms with Crippen LogP contribution in [0.3, 0.4) is 0 Å². The summed E-state index contributed by atoms with van der Waals surface area (Å²) in [5.74, 6) is 0.955. The Morgan fingerprint density at radius 1 is 1.35 bits per heavy atom. The summed E-state index contributed by atoms with van der Waals surface area (Å²) < 4.78 is 0. The second-order valence-corrected chi connectivity index (χ2v) is 6.32. The summed E-state index contributed by atoms with van der Waals surface area (Å²) in [6.45, 7) is 6.16. The molecule has 0 aliphatic heterocycles. The molecule has 2 saturated carbocycles. The Labute approximate surface area is 106 Å². The lowest BCUT2D eigenvalue weighted by atomic mass is 9.98. The maximum Gasteiger partial charge on any atom is 0.0613 e. The third kappa shape index (κ3) is 3.01. The average molecular weight is 240 g/mol. The first-order chi connectivity index (χ1) is 8.10. The van der Waals surface area contributed by atoms with Crippen LogP contribution in [0.1, 0.15) is 46.0 Å². The Balaban J connectivity index is 1.95. The maximum absolute atomic E-state index is 9.57. The van der Waals surface area contributed by atoms with Gasteiger partial charge in [-0.1, -0.05) is 0 Å². The molecule has 2 atom stereocenters. The minimum absolute atomic E-state index is 0.0125. The van der Waals surface area contributed by atoms with Gasteiger partial charge in [-0.2, -0.15) is 0 Å². The van der Waals surface area contributed by atoms with Crippen LogP contribution in [-0.4, -0.2) is 47.8 Å². The molecule has 0 aromatic carbocycles. The topological polar surface area (TPSA) is 35.5 Å². The van der Waals surface area contributed by atoms with Crippen LogP contribution in [0.4, 0.5) is 0 Å². The molecule has 2 rings (SSSR count). The van der Waals surface area contributed by atoms with E-state index in [-0.39, 0.29) is 12.1 Å². The number of nitrogens with zero attached hydrogens (tertiary/aromatic N) is 1. The predicted octanol–water partition coefficient (Wildman–Crippen LogP) is 1.61. The molecule has 0 aromatic heterocycles. The molecule has 3 nitrogen and oxygen atoms in total. The van der Waals surface area contributed by atoms with Gasteiger partial charge < -0.3 is 10.4 Å². The first kappa shape index (κ1) is 13.3. The van der Waals surface area contributed by atoms with Crippen LogP contribution >= 0.6 is 0 Å². The van der Waals surface area contributed by atoms with Gasteiger partial charge in [0.2, 0.25) is 0 Å². The monoisotopic (exact) mass is 240 g/mol. The van der Waals surface area contributed by atoms with Crippen molar-refractivity contribution in [2.75, 3.05) is 20.2 Å². The molecule has 2 aliphatic rings. The van der Waals surface area contributed by atoms with Crippen LogP contribution in [0.5, 0.6) is 0 Å². The Morgan fingerprint density at radius 3 is 2.47 bits per heavy atom. The highest BCUT2D eigenvalue weighted by atomic mass is 16.3. The van der Waals surface area contributed by atoms with Gasteiger partial charge in [0.05, 0.1) is 6.61 Å². The van der Waals surface area contributed by atoms with E-state index in [9.17, 15) is 5.11 Å². The molecule has 0 saturated heterocycles. The molecule has 0 bridgehead atoms. The molecular weight excluding hydrogens is 212 g/mol. The number of aliphatic hydroxyl groups is 1. The molecule has 3 heteroatoms. The van der Waals surface area contributed by atoms with Gasteiger partial charge in [-0.05, 0) is 58.9 Å². The molecule has 2 N–H and O–H groups in total. The minimum Gasteiger partial charge on any atom is -0.394 e. The lowest BCUT2D eigenvalue weighted by molar-refractivity contribution is 0.124. The molecule has 0 aromatic rings. The van der Waals surface area contributed by atoms with Crippen molar-refractivity contribution >= 4 is 0 Å². The standard InChI is InChI=1S/C14H28N2O/c1-11(2)16(9-12-4-5-12)13-6-7-14(8-13,10-17)15-3/h11-13,15,17H,4-10H2,1-3H3. The molecule has 100 valence electrons. The van der Waals surface area contributed by atoms with Crippen LogP contribution in [-0.2, 0) is 0 Å². The van der Waals surface area contributed by atoms with Gasteiger partial charge in [0.15, 0.2) is 0 Å². The zero-order chi connectivity index (χ0) is 12.5. The van der Waals surface area contributed by atoms with Crippen molar-refractivity contribution < 1.29 is 5.11 Å². The zero-order valence-electron chi connectivity index (χ0n) is 11.6. The van der Waals surface area contributed by atoms with E-state index < -0.39 is 0 Å². The zero-order valence-corrected chi connectivity index (χ0v) is 11.6. The Hall–Kier alpha value is -0.120. The second-order valence-electron chi connectivity index (χ2n) is 6.32. The van der Waals surface area contributed by atoms with Crippen LogP contribution < -0.4 is 5.32 Å². The number of rotatable bonds is 6. The number of likely N-dealkylation sites (N-methyl/N-ethyl adjacent to an activating group) is 1. The summed E-state index contributed by atoms with van der Waals surface area (Å²) >= 11 is 0. The fourth-order valence-electron chi connectivity index (χ4n) is 3.21. The normalized spacial score (nSPS) is 33.9. The van der Waals surface area contributed by atoms with Gasteiger partial charge in [-0.25, -0.2) is 0 Å². The highest BCUT2D eigenvalue weighted by Crippen LogP contribution is 2.37. The molecular formula is C14H28N2O. The summed E-state index contributed by atoms with van der Waals surface area (Å²) in [6.07, 6.45) is 6.29. The minimum atomic E-state index is -0.0125. The predicted molar refractivity (Wildman–Crippen MR) is 71.1 cm³/mol. The van der Waals surface area contributed by atoms with E-state index in [2.05, 4.69) is 24.1 Å². The summed E-state index contributed by atoms with van der Waals surface area (Å²) in [6, 6.07) is 1.29. The fourth-order valence-corrected chi connectivity index (χ4v) is 3.21. The average Bonchev–Trinajstić information content (AvgIpc) is 3.04. The lowest BCUT2D eigenvalue weighted by Gasteiger charge is -2.34. The summed E-state index contributed by atoms with van der Waals surface area (Å²) in [5, 5.41) is 12.9. The first-order valence-corrected chi connectivity index (χ1v) is 7.16. The van der Waals surface area contributed by atoms with Gasteiger partial charge >= 0.3 is 0 Å². The van der Waals surface area contributed by atoms with Crippen molar-refractivity contribution in [3.05, 3.63) is 0 Å².